The van der Waals surface area contributed by atoms with Gasteiger partial charge in [-0.25, -0.2) is 17.4 Å². The normalized spacial score (nSPS) is 16.1. The molecule has 5 aromatic rings. The summed E-state index contributed by atoms with van der Waals surface area (Å²) in [7, 11) is -3.99. The van der Waals surface area contributed by atoms with Crippen molar-refractivity contribution in [2.75, 3.05) is 57.5 Å². The molecule has 0 aliphatic carbocycles. The van der Waals surface area contributed by atoms with Gasteiger partial charge in [0.25, 0.3) is 10.0 Å². The van der Waals surface area contributed by atoms with E-state index in [1.807, 2.05) is 42.5 Å². The van der Waals surface area contributed by atoms with Crippen molar-refractivity contribution in [2.45, 2.75) is 11.4 Å². The van der Waals surface area contributed by atoms with E-state index in [4.69, 9.17) is 15.9 Å². The third-order valence-electron chi connectivity index (χ3n) is 8.56. The van der Waals surface area contributed by atoms with Gasteiger partial charge in [0, 0.05) is 55.6 Å². The summed E-state index contributed by atoms with van der Waals surface area (Å²) in [6, 6.07) is 26.5. The first kappa shape index (κ1) is 29.3. The summed E-state index contributed by atoms with van der Waals surface area (Å²) in [6.07, 6.45) is 7.67. The molecule has 2 aliphatic heterocycles. The Kier molecular flexibility index (Phi) is 8.13. The van der Waals surface area contributed by atoms with Crippen LogP contribution in [0.4, 0.5) is 5.69 Å². The lowest BCUT2D eigenvalue weighted by molar-refractivity contribution is 0.0341. The van der Waals surface area contributed by atoms with E-state index in [-0.39, 0.29) is 4.90 Å². The molecule has 0 saturated carbocycles. The van der Waals surface area contributed by atoms with Crippen LogP contribution in [0.1, 0.15) is 11.1 Å². The molecule has 0 radical (unpaired) electrons. The summed E-state index contributed by atoms with van der Waals surface area (Å²) >= 11 is 0. The standard InChI is InChI=1S/C36H34N4O4S/c1-2-27-24-29(8-9-30(27)26-38-16-20-43-21-17-38)33-14-15-37-36-34(33)25-35(40(36)45(41,42)32-6-4-3-5-7-32)28-10-12-31(13-11-28)39-18-22-44-23-19-39/h1,3-15,24-25H,16-23,26H2. The molecule has 0 atom stereocenters. The van der Waals surface area contributed by atoms with Gasteiger partial charge >= 0.3 is 0 Å². The van der Waals surface area contributed by atoms with Crippen LogP contribution < -0.4 is 4.90 Å². The average molecular weight is 619 g/mol. The number of hydrogen-bond acceptors (Lipinski definition) is 7. The Balaban J connectivity index is 1.35. The van der Waals surface area contributed by atoms with Crippen molar-refractivity contribution >= 4 is 26.7 Å². The summed E-state index contributed by atoms with van der Waals surface area (Å²) in [4.78, 5) is 9.45. The predicted octanol–water partition coefficient (Wildman–Crippen LogP) is 5.26. The minimum Gasteiger partial charge on any atom is -0.379 e. The Bertz CT molecular complexity index is 1970. The fourth-order valence-corrected chi connectivity index (χ4v) is 7.65. The van der Waals surface area contributed by atoms with Crippen LogP contribution in [0.15, 0.2) is 96.0 Å². The van der Waals surface area contributed by atoms with Crippen molar-refractivity contribution in [1.82, 2.24) is 13.9 Å². The summed E-state index contributed by atoms with van der Waals surface area (Å²) in [5.41, 5.74) is 6.44. The molecular formula is C36H34N4O4S. The van der Waals surface area contributed by atoms with Gasteiger partial charge in [0.2, 0.25) is 0 Å². The van der Waals surface area contributed by atoms with Crippen molar-refractivity contribution in [3.63, 3.8) is 0 Å². The largest absolute Gasteiger partial charge is 0.379 e. The zero-order chi connectivity index (χ0) is 30.8. The van der Waals surface area contributed by atoms with Gasteiger partial charge in [0.05, 0.1) is 37.0 Å². The van der Waals surface area contributed by atoms with Gasteiger partial charge in [-0.05, 0) is 64.7 Å². The lowest BCUT2D eigenvalue weighted by atomic mass is 9.97. The number of nitrogens with zero attached hydrogens (tertiary/aromatic N) is 4. The molecule has 0 unspecified atom stereocenters. The van der Waals surface area contributed by atoms with Crippen molar-refractivity contribution in [3.8, 4) is 34.7 Å². The van der Waals surface area contributed by atoms with E-state index in [2.05, 4.69) is 32.8 Å². The van der Waals surface area contributed by atoms with Crippen LogP contribution in [0, 0.1) is 12.3 Å². The summed E-state index contributed by atoms with van der Waals surface area (Å²) < 4.78 is 40.9. The molecule has 45 heavy (non-hydrogen) atoms. The van der Waals surface area contributed by atoms with Crippen LogP contribution in [0.2, 0.25) is 0 Å². The molecule has 0 bridgehead atoms. The number of benzene rings is 3. The fourth-order valence-electron chi connectivity index (χ4n) is 6.15. The molecule has 2 saturated heterocycles. The fraction of sp³-hybridized carbons (Fsp3) is 0.250. The Labute approximate surface area is 263 Å². The first-order valence-electron chi connectivity index (χ1n) is 15.2. The van der Waals surface area contributed by atoms with Crippen LogP contribution in [-0.4, -0.2) is 74.9 Å². The van der Waals surface area contributed by atoms with Gasteiger partial charge in [0.1, 0.15) is 0 Å². The molecule has 9 heteroatoms. The van der Waals surface area contributed by atoms with Crippen LogP contribution >= 0.6 is 0 Å². The van der Waals surface area contributed by atoms with E-state index in [1.54, 1.807) is 36.5 Å². The van der Waals surface area contributed by atoms with Gasteiger partial charge in [0.15, 0.2) is 5.65 Å². The average Bonchev–Trinajstić information content (AvgIpc) is 3.51. The van der Waals surface area contributed by atoms with E-state index in [9.17, 15) is 8.42 Å². The number of rotatable bonds is 7. The van der Waals surface area contributed by atoms with E-state index < -0.39 is 10.0 Å². The van der Waals surface area contributed by atoms with Gasteiger partial charge in [-0.15, -0.1) is 6.42 Å². The molecule has 228 valence electrons. The molecule has 7 rings (SSSR count). The van der Waals surface area contributed by atoms with E-state index in [0.29, 0.717) is 24.6 Å². The molecule has 2 aromatic heterocycles. The Morgan fingerprint density at radius 1 is 0.800 bits per heavy atom. The predicted molar refractivity (Wildman–Crippen MR) is 177 cm³/mol. The first-order valence-corrected chi connectivity index (χ1v) is 16.6. The summed E-state index contributed by atoms with van der Waals surface area (Å²) in [5, 5.41) is 0.730. The van der Waals surface area contributed by atoms with E-state index >= 15 is 0 Å². The number of pyridine rings is 1. The van der Waals surface area contributed by atoms with Crippen LogP contribution in [0.3, 0.4) is 0 Å². The SMILES string of the molecule is C#Cc1cc(-c2ccnc3c2cc(-c2ccc(N4CCOCC4)cc2)n3S(=O)(=O)c2ccccc2)ccc1CN1CCOCC1. The molecule has 2 aliphatic rings. The third-order valence-corrected chi connectivity index (χ3v) is 10.3. The Morgan fingerprint density at radius 3 is 2.20 bits per heavy atom. The molecule has 8 nitrogen and oxygen atoms in total. The lowest BCUT2D eigenvalue weighted by Gasteiger charge is -2.28. The molecule has 2 fully saturated rings. The van der Waals surface area contributed by atoms with Crippen molar-refractivity contribution < 1.29 is 17.9 Å². The molecule has 0 spiro atoms. The van der Waals surface area contributed by atoms with Crippen LogP contribution in [0.25, 0.3) is 33.4 Å². The van der Waals surface area contributed by atoms with Crippen molar-refractivity contribution in [2.24, 2.45) is 0 Å². The Hall–Kier alpha value is -4.46. The quantitative estimate of drug-likeness (QED) is 0.231. The van der Waals surface area contributed by atoms with E-state index in [0.717, 1.165) is 84.8 Å². The summed E-state index contributed by atoms with van der Waals surface area (Å²) in [5.74, 6) is 2.88. The maximum absolute atomic E-state index is 14.3. The number of terminal acetylenes is 1. The second kappa shape index (κ2) is 12.5. The van der Waals surface area contributed by atoms with Crippen molar-refractivity contribution in [1.29, 1.82) is 0 Å². The highest BCUT2D eigenvalue weighted by Crippen LogP contribution is 2.37. The first-order chi connectivity index (χ1) is 22.0. The summed E-state index contributed by atoms with van der Waals surface area (Å²) in [6.45, 7) is 6.96. The Morgan fingerprint density at radius 2 is 1.49 bits per heavy atom. The highest BCUT2D eigenvalue weighted by Gasteiger charge is 2.26. The zero-order valence-corrected chi connectivity index (χ0v) is 25.7. The van der Waals surface area contributed by atoms with E-state index in [1.165, 1.54) is 3.97 Å². The lowest BCUT2D eigenvalue weighted by Crippen LogP contribution is -2.36. The number of aromatic nitrogens is 2. The van der Waals surface area contributed by atoms with Gasteiger partial charge in [-0.3, -0.25) is 4.90 Å². The van der Waals surface area contributed by atoms with Crippen molar-refractivity contribution in [3.05, 3.63) is 102 Å². The molecule has 0 N–H and O–H groups in total. The minimum atomic E-state index is -3.99. The van der Waals surface area contributed by atoms with Gasteiger partial charge in [-0.2, -0.15) is 0 Å². The van der Waals surface area contributed by atoms with Gasteiger partial charge < -0.3 is 14.4 Å². The number of anilines is 1. The number of morpholine rings is 2. The number of ether oxygens (including phenoxy) is 2. The second-order valence-electron chi connectivity index (χ2n) is 11.3. The zero-order valence-electron chi connectivity index (χ0n) is 24.9. The minimum absolute atomic E-state index is 0.197. The molecule has 0 amide bonds. The number of hydrogen-bond donors (Lipinski definition) is 0. The maximum atomic E-state index is 14.3. The molecular weight excluding hydrogens is 584 g/mol. The van der Waals surface area contributed by atoms with Crippen LogP contribution in [-0.2, 0) is 26.0 Å². The maximum Gasteiger partial charge on any atom is 0.269 e. The van der Waals surface area contributed by atoms with Crippen LogP contribution in [0.5, 0.6) is 0 Å². The number of fused-ring (bicyclic) bond motifs is 1. The second-order valence-corrected chi connectivity index (χ2v) is 13.0. The highest BCUT2D eigenvalue weighted by atomic mass is 32.2. The highest BCUT2D eigenvalue weighted by molar-refractivity contribution is 7.90. The third kappa shape index (κ3) is 5.74. The van der Waals surface area contributed by atoms with Gasteiger partial charge in [-0.1, -0.05) is 48.4 Å². The topological polar surface area (TPSA) is 76.9 Å². The smallest absolute Gasteiger partial charge is 0.269 e. The molecule has 3 aromatic carbocycles. The molecule has 4 heterocycles. The monoisotopic (exact) mass is 618 g/mol.